The van der Waals surface area contributed by atoms with Crippen LogP contribution in [0.3, 0.4) is 0 Å². The van der Waals surface area contributed by atoms with Gasteiger partial charge in [-0.1, -0.05) is 12.1 Å². The van der Waals surface area contributed by atoms with Gasteiger partial charge in [0, 0.05) is 26.1 Å². The molecule has 1 saturated heterocycles. The second-order valence-electron chi connectivity index (χ2n) is 4.90. The summed E-state index contributed by atoms with van der Waals surface area (Å²) in [5.74, 6) is 0.00716. The van der Waals surface area contributed by atoms with Crippen LogP contribution in [-0.2, 0) is 16.0 Å². The van der Waals surface area contributed by atoms with Crippen LogP contribution in [-0.4, -0.2) is 47.5 Å². The Morgan fingerprint density at radius 3 is 2.75 bits per heavy atom. The SMILES string of the molecule is NC(Cc1ccc(O)cc1)C(=O)N1CCNC(=O)CC1. The van der Waals surface area contributed by atoms with Crippen molar-refractivity contribution >= 4 is 11.8 Å². The molecule has 0 saturated carbocycles. The average molecular weight is 277 g/mol. The highest BCUT2D eigenvalue weighted by atomic mass is 16.3. The molecule has 0 spiro atoms. The van der Waals surface area contributed by atoms with Gasteiger partial charge in [-0.25, -0.2) is 0 Å². The van der Waals surface area contributed by atoms with Crippen LogP contribution in [0, 0.1) is 0 Å². The maximum absolute atomic E-state index is 12.2. The number of nitrogens with one attached hydrogen (secondary N) is 1. The second-order valence-corrected chi connectivity index (χ2v) is 4.90. The quantitative estimate of drug-likeness (QED) is 0.701. The minimum atomic E-state index is -0.632. The molecule has 1 atom stereocenters. The number of nitrogens with two attached hydrogens (primary N) is 1. The van der Waals surface area contributed by atoms with Gasteiger partial charge < -0.3 is 21.1 Å². The first-order valence-corrected chi connectivity index (χ1v) is 6.65. The van der Waals surface area contributed by atoms with Gasteiger partial charge in [0.05, 0.1) is 6.04 Å². The summed E-state index contributed by atoms with van der Waals surface area (Å²) >= 11 is 0. The van der Waals surface area contributed by atoms with E-state index in [1.165, 1.54) is 0 Å². The number of benzene rings is 1. The van der Waals surface area contributed by atoms with E-state index >= 15 is 0 Å². The first-order chi connectivity index (χ1) is 9.56. The topological polar surface area (TPSA) is 95.7 Å². The summed E-state index contributed by atoms with van der Waals surface area (Å²) in [5.41, 5.74) is 6.84. The van der Waals surface area contributed by atoms with Crippen molar-refractivity contribution in [3.8, 4) is 5.75 Å². The Hall–Kier alpha value is -2.08. The van der Waals surface area contributed by atoms with Crippen LogP contribution in [0.5, 0.6) is 5.75 Å². The lowest BCUT2D eigenvalue weighted by Gasteiger charge is -2.23. The molecule has 6 heteroatoms. The molecule has 6 nitrogen and oxygen atoms in total. The number of rotatable bonds is 3. The molecule has 1 aliphatic rings. The van der Waals surface area contributed by atoms with Crippen LogP contribution in [0.15, 0.2) is 24.3 Å². The van der Waals surface area contributed by atoms with Crippen LogP contribution in [0.25, 0.3) is 0 Å². The standard InChI is InChI=1S/C14H19N3O3/c15-12(9-10-1-3-11(18)4-2-10)14(20)17-7-5-13(19)16-6-8-17/h1-4,12,18H,5-9,15H2,(H,16,19). The Morgan fingerprint density at radius 1 is 1.35 bits per heavy atom. The molecule has 1 aliphatic heterocycles. The fourth-order valence-corrected chi connectivity index (χ4v) is 2.20. The lowest BCUT2D eigenvalue weighted by atomic mass is 10.1. The molecular formula is C14H19N3O3. The Balaban J connectivity index is 1.94. The molecule has 4 N–H and O–H groups in total. The van der Waals surface area contributed by atoms with Crippen LogP contribution >= 0.6 is 0 Å². The zero-order valence-corrected chi connectivity index (χ0v) is 11.2. The Bertz CT molecular complexity index is 487. The minimum Gasteiger partial charge on any atom is -0.508 e. The smallest absolute Gasteiger partial charge is 0.239 e. The van der Waals surface area contributed by atoms with Gasteiger partial charge in [-0.05, 0) is 24.1 Å². The summed E-state index contributed by atoms with van der Waals surface area (Å²) in [5, 5.41) is 11.9. The Morgan fingerprint density at radius 2 is 2.05 bits per heavy atom. The monoisotopic (exact) mass is 277 g/mol. The van der Waals surface area contributed by atoms with Crippen LogP contribution in [0.2, 0.25) is 0 Å². The number of phenolic OH excluding ortho intramolecular Hbond substituents is 1. The van der Waals surface area contributed by atoms with Gasteiger partial charge in [-0.3, -0.25) is 9.59 Å². The number of hydrogen-bond acceptors (Lipinski definition) is 4. The van der Waals surface area contributed by atoms with Crippen molar-refractivity contribution in [3.05, 3.63) is 29.8 Å². The number of aromatic hydroxyl groups is 1. The van der Waals surface area contributed by atoms with Crippen molar-refractivity contribution in [2.75, 3.05) is 19.6 Å². The van der Waals surface area contributed by atoms with E-state index in [0.717, 1.165) is 5.56 Å². The molecule has 1 aromatic carbocycles. The van der Waals surface area contributed by atoms with Gasteiger partial charge in [0.15, 0.2) is 0 Å². The third-order valence-corrected chi connectivity index (χ3v) is 3.33. The van der Waals surface area contributed by atoms with E-state index in [1.54, 1.807) is 29.2 Å². The molecule has 2 amide bonds. The first kappa shape index (κ1) is 14.3. The largest absolute Gasteiger partial charge is 0.508 e. The summed E-state index contributed by atoms with van der Waals surface area (Å²) in [6.07, 6.45) is 0.731. The fourth-order valence-electron chi connectivity index (χ4n) is 2.20. The lowest BCUT2D eigenvalue weighted by Crippen LogP contribution is -2.46. The second kappa shape index (κ2) is 6.38. The number of nitrogens with zero attached hydrogens (tertiary/aromatic N) is 1. The average Bonchev–Trinajstić information content (AvgIpc) is 2.65. The van der Waals surface area contributed by atoms with Gasteiger partial charge >= 0.3 is 0 Å². The van der Waals surface area contributed by atoms with Gasteiger partial charge in [-0.2, -0.15) is 0 Å². The molecule has 0 aromatic heterocycles. The maximum Gasteiger partial charge on any atom is 0.239 e. The van der Waals surface area contributed by atoms with Crippen LogP contribution in [0.1, 0.15) is 12.0 Å². The maximum atomic E-state index is 12.2. The van der Waals surface area contributed by atoms with Crippen molar-refractivity contribution in [3.63, 3.8) is 0 Å². The predicted molar refractivity (Wildman–Crippen MR) is 74.0 cm³/mol. The van der Waals surface area contributed by atoms with Crippen molar-refractivity contribution in [1.82, 2.24) is 10.2 Å². The molecule has 0 radical (unpaired) electrons. The van der Waals surface area contributed by atoms with E-state index in [4.69, 9.17) is 5.73 Å². The van der Waals surface area contributed by atoms with Crippen molar-refractivity contribution in [2.45, 2.75) is 18.9 Å². The normalized spacial score (nSPS) is 17.2. The summed E-state index contributed by atoms with van der Waals surface area (Å²) in [6, 6.07) is 6.00. The van der Waals surface area contributed by atoms with Gasteiger partial charge in [0.1, 0.15) is 5.75 Å². The fraction of sp³-hybridized carbons (Fsp3) is 0.429. The molecule has 1 heterocycles. The zero-order valence-electron chi connectivity index (χ0n) is 11.2. The van der Waals surface area contributed by atoms with E-state index in [9.17, 15) is 14.7 Å². The van der Waals surface area contributed by atoms with E-state index in [2.05, 4.69) is 5.32 Å². The molecule has 108 valence electrons. The van der Waals surface area contributed by atoms with Crippen molar-refractivity contribution < 1.29 is 14.7 Å². The number of hydrogen-bond donors (Lipinski definition) is 3. The molecule has 1 fully saturated rings. The molecule has 1 aromatic rings. The molecular weight excluding hydrogens is 258 g/mol. The Labute approximate surface area is 117 Å². The highest BCUT2D eigenvalue weighted by Crippen LogP contribution is 2.12. The highest BCUT2D eigenvalue weighted by Gasteiger charge is 2.23. The third-order valence-electron chi connectivity index (χ3n) is 3.33. The molecule has 0 aliphatic carbocycles. The molecule has 20 heavy (non-hydrogen) atoms. The van der Waals surface area contributed by atoms with Crippen LogP contribution < -0.4 is 11.1 Å². The van der Waals surface area contributed by atoms with Gasteiger partial charge in [-0.15, -0.1) is 0 Å². The number of amides is 2. The van der Waals surface area contributed by atoms with E-state index in [0.29, 0.717) is 32.5 Å². The van der Waals surface area contributed by atoms with E-state index in [1.807, 2.05) is 0 Å². The molecule has 1 unspecified atom stereocenters. The van der Waals surface area contributed by atoms with Gasteiger partial charge in [0.2, 0.25) is 11.8 Å². The summed E-state index contributed by atoms with van der Waals surface area (Å²) in [4.78, 5) is 25.1. The minimum absolute atomic E-state index is 0.0348. The summed E-state index contributed by atoms with van der Waals surface area (Å²) < 4.78 is 0. The number of carbonyl (C=O) groups is 2. The third kappa shape index (κ3) is 3.71. The van der Waals surface area contributed by atoms with Crippen molar-refractivity contribution in [1.29, 1.82) is 0 Å². The first-order valence-electron chi connectivity index (χ1n) is 6.65. The number of phenols is 1. The van der Waals surface area contributed by atoms with E-state index in [-0.39, 0.29) is 17.6 Å². The van der Waals surface area contributed by atoms with Crippen LogP contribution in [0.4, 0.5) is 0 Å². The van der Waals surface area contributed by atoms with Gasteiger partial charge in [0.25, 0.3) is 0 Å². The summed E-state index contributed by atoms with van der Waals surface area (Å²) in [7, 11) is 0. The van der Waals surface area contributed by atoms with E-state index < -0.39 is 6.04 Å². The van der Waals surface area contributed by atoms with Crippen molar-refractivity contribution in [2.24, 2.45) is 5.73 Å². The highest BCUT2D eigenvalue weighted by molar-refractivity contribution is 5.83. The zero-order chi connectivity index (χ0) is 14.5. The lowest BCUT2D eigenvalue weighted by molar-refractivity contribution is -0.132. The molecule has 2 rings (SSSR count). The Kier molecular flexibility index (Phi) is 4.57. The predicted octanol–water partition coefficient (Wildman–Crippen LogP) is -0.390. The summed E-state index contributed by atoms with van der Waals surface area (Å²) in [6.45, 7) is 1.37. The number of carbonyl (C=O) groups excluding carboxylic acids is 2. The molecule has 0 bridgehead atoms.